The molecular weight excluding hydrogens is 308 g/mol. The van der Waals surface area contributed by atoms with Gasteiger partial charge in [0.15, 0.2) is 0 Å². The largest absolute Gasteiger partial charge is 0.457 e. The van der Waals surface area contributed by atoms with Gasteiger partial charge in [-0.2, -0.15) is 5.10 Å². The SMILES string of the molecule is CC(C)c1ccc(Oc2ccccc2C=NNc2ccccc2)cc1. The maximum Gasteiger partial charge on any atom is 0.136 e. The van der Waals surface area contributed by atoms with Crippen LogP contribution in [0, 0.1) is 0 Å². The molecule has 0 aliphatic carbocycles. The van der Waals surface area contributed by atoms with Crippen molar-refractivity contribution in [3.05, 3.63) is 90.0 Å². The molecule has 0 bridgehead atoms. The molecular formula is C22H22N2O. The molecule has 0 amide bonds. The summed E-state index contributed by atoms with van der Waals surface area (Å²) in [5, 5.41) is 4.30. The zero-order chi connectivity index (χ0) is 17.5. The zero-order valence-corrected chi connectivity index (χ0v) is 14.5. The van der Waals surface area contributed by atoms with Crippen LogP contribution in [0.4, 0.5) is 5.69 Å². The molecule has 126 valence electrons. The van der Waals surface area contributed by atoms with Gasteiger partial charge >= 0.3 is 0 Å². The molecule has 0 fully saturated rings. The summed E-state index contributed by atoms with van der Waals surface area (Å²) in [4.78, 5) is 0. The number of ether oxygens (including phenoxy) is 1. The average molecular weight is 330 g/mol. The molecule has 3 aromatic carbocycles. The van der Waals surface area contributed by atoms with Crippen LogP contribution in [0.15, 0.2) is 84.0 Å². The minimum atomic E-state index is 0.512. The molecule has 0 saturated carbocycles. The number of hydrogen-bond acceptors (Lipinski definition) is 3. The first-order chi connectivity index (χ1) is 12.2. The Morgan fingerprint density at radius 3 is 2.24 bits per heavy atom. The zero-order valence-electron chi connectivity index (χ0n) is 14.5. The molecule has 3 nitrogen and oxygen atoms in total. The molecule has 3 rings (SSSR count). The second-order valence-electron chi connectivity index (χ2n) is 6.10. The Kier molecular flexibility index (Phi) is 5.47. The van der Waals surface area contributed by atoms with E-state index in [0.29, 0.717) is 5.92 Å². The Bertz CT molecular complexity index is 824. The quantitative estimate of drug-likeness (QED) is 0.441. The van der Waals surface area contributed by atoms with E-state index >= 15 is 0 Å². The molecule has 0 spiro atoms. The first kappa shape index (κ1) is 16.8. The van der Waals surface area contributed by atoms with Gasteiger partial charge < -0.3 is 4.74 Å². The van der Waals surface area contributed by atoms with Crippen LogP contribution in [0.2, 0.25) is 0 Å². The summed E-state index contributed by atoms with van der Waals surface area (Å²) in [6, 6.07) is 25.9. The lowest BCUT2D eigenvalue weighted by molar-refractivity contribution is 0.481. The molecule has 0 aromatic heterocycles. The van der Waals surface area contributed by atoms with E-state index in [9.17, 15) is 0 Å². The molecule has 25 heavy (non-hydrogen) atoms. The Morgan fingerprint density at radius 2 is 1.52 bits per heavy atom. The molecule has 0 heterocycles. The van der Waals surface area contributed by atoms with E-state index in [1.165, 1.54) is 5.56 Å². The van der Waals surface area contributed by atoms with Gasteiger partial charge in [0.2, 0.25) is 0 Å². The highest BCUT2D eigenvalue weighted by molar-refractivity contribution is 5.84. The summed E-state index contributed by atoms with van der Waals surface area (Å²) in [5.41, 5.74) is 6.18. The Hall–Kier alpha value is -3.07. The van der Waals surface area contributed by atoms with Gasteiger partial charge in [0.05, 0.1) is 11.9 Å². The van der Waals surface area contributed by atoms with Crippen molar-refractivity contribution in [3.8, 4) is 11.5 Å². The summed E-state index contributed by atoms with van der Waals surface area (Å²) in [6.07, 6.45) is 1.77. The lowest BCUT2D eigenvalue weighted by Crippen LogP contribution is -1.94. The van der Waals surface area contributed by atoms with Crippen LogP contribution in [0.25, 0.3) is 0 Å². The minimum Gasteiger partial charge on any atom is -0.457 e. The van der Waals surface area contributed by atoms with Crippen LogP contribution in [-0.4, -0.2) is 6.21 Å². The first-order valence-corrected chi connectivity index (χ1v) is 8.43. The van der Waals surface area contributed by atoms with Gasteiger partial charge in [-0.05, 0) is 47.9 Å². The fourth-order valence-electron chi connectivity index (χ4n) is 2.42. The second kappa shape index (κ2) is 8.15. The van der Waals surface area contributed by atoms with Crippen LogP contribution < -0.4 is 10.2 Å². The van der Waals surface area contributed by atoms with Crippen molar-refractivity contribution in [2.75, 3.05) is 5.43 Å². The monoisotopic (exact) mass is 330 g/mol. The fraction of sp³-hybridized carbons (Fsp3) is 0.136. The normalized spacial score (nSPS) is 11.0. The standard InChI is InChI=1S/C22H22N2O/c1-17(2)18-12-14-21(15-13-18)25-22-11-7-6-8-19(22)16-23-24-20-9-4-3-5-10-20/h3-17,24H,1-2H3. The summed E-state index contributed by atoms with van der Waals surface area (Å²) in [5.74, 6) is 2.11. The van der Waals surface area contributed by atoms with E-state index in [0.717, 1.165) is 22.7 Å². The van der Waals surface area contributed by atoms with Crippen LogP contribution in [0.5, 0.6) is 11.5 Å². The van der Waals surface area contributed by atoms with Crippen LogP contribution >= 0.6 is 0 Å². The molecule has 3 heteroatoms. The second-order valence-corrected chi connectivity index (χ2v) is 6.10. The molecule has 0 atom stereocenters. The van der Waals surface area contributed by atoms with Crippen molar-refractivity contribution >= 4 is 11.9 Å². The predicted octanol–water partition coefficient (Wildman–Crippen LogP) is 6.05. The van der Waals surface area contributed by atoms with Gasteiger partial charge in [0, 0.05) is 5.56 Å². The highest BCUT2D eigenvalue weighted by Crippen LogP contribution is 2.26. The van der Waals surface area contributed by atoms with Crippen molar-refractivity contribution in [1.29, 1.82) is 0 Å². The Labute approximate surface area is 149 Å². The summed E-state index contributed by atoms with van der Waals surface area (Å²) >= 11 is 0. The van der Waals surface area contributed by atoms with Gasteiger partial charge in [-0.15, -0.1) is 0 Å². The minimum absolute atomic E-state index is 0.512. The van der Waals surface area contributed by atoms with Crippen molar-refractivity contribution in [1.82, 2.24) is 0 Å². The smallest absolute Gasteiger partial charge is 0.136 e. The van der Waals surface area contributed by atoms with Crippen molar-refractivity contribution in [2.45, 2.75) is 19.8 Å². The third kappa shape index (κ3) is 4.70. The molecule has 0 saturated heterocycles. The number of nitrogens with one attached hydrogen (secondary N) is 1. The highest BCUT2D eigenvalue weighted by Gasteiger charge is 2.04. The van der Waals surface area contributed by atoms with E-state index < -0.39 is 0 Å². The van der Waals surface area contributed by atoms with E-state index in [-0.39, 0.29) is 0 Å². The Morgan fingerprint density at radius 1 is 0.840 bits per heavy atom. The molecule has 0 aliphatic rings. The maximum absolute atomic E-state index is 6.03. The Balaban J connectivity index is 1.72. The highest BCUT2D eigenvalue weighted by atomic mass is 16.5. The van der Waals surface area contributed by atoms with E-state index in [1.807, 2.05) is 66.7 Å². The van der Waals surface area contributed by atoms with Crippen molar-refractivity contribution in [3.63, 3.8) is 0 Å². The topological polar surface area (TPSA) is 33.6 Å². The lowest BCUT2D eigenvalue weighted by Gasteiger charge is -2.10. The molecule has 3 aromatic rings. The van der Waals surface area contributed by atoms with Gasteiger partial charge in [-0.3, -0.25) is 5.43 Å². The number of nitrogens with zero attached hydrogens (tertiary/aromatic N) is 1. The molecule has 0 radical (unpaired) electrons. The van der Waals surface area contributed by atoms with Gasteiger partial charge in [0.25, 0.3) is 0 Å². The molecule has 0 aliphatic heterocycles. The van der Waals surface area contributed by atoms with Gasteiger partial charge in [-0.25, -0.2) is 0 Å². The summed E-state index contributed by atoms with van der Waals surface area (Å²) in [7, 11) is 0. The summed E-state index contributed by atoms with van der Waals surface area (Å²) in [6.45, 7) is 4.36. The molecule has 1 N–H and O–H groups in total. The van der Waals surface area contributed by atoms with Crippen LogP contribution in [0.1, 0.15) is 30.9 Å². The molecule has 0 unspecified atom stereocenters. The number of hydrogen-bond donors (Lipinski definition) is 1. The lowest BCUT2D eigenvalue weighted by atomic mass is 10.0. The number of hydrazone groups is 1. The van der Waals surface area contributed by atoms with Gasteiger partial charge in [-0.1, -0.05) is 56.3 Å². The number of anilines is 1. The third-order valence-corrected chi connectivity index (χ3v) is 3.86. The first-order valence-electron chi connectivity index (χ1n) is 8.43. The van der Waals surface area contributed by atoms with Crippen molar-refractivity contribution in [2.24, 2.45) is 5.10 Å². The van der Waals surface area contributed by atoms with Crippen molar-refractivity contribution < 1.29 is 4.74 Å². The number of benzene rings is 3. The predicted molar refractivity (Wildman–Crippen MR) is 105 cm³/mol. The van der Waals surface area contributed by atoms with Gasteiger partial charge in [0.1, 0.15) is 11.5 Å². The third-order valence-electron chi connectivity index (χ3n) is 3.86. The summed E-state index contributed by atoms with van der Waals surface area (Å²) < 4.78 is 6.03. The van der Waals surface area contributed by atoms with Crippen LogP contribution in [-0.2, 0) is 0 Å². The average Bonchev–Trinajstić information content (AvgIpc) is 2.64. The van der Waals surface area contributed by atoms with E-state index in [1.54, 1.807) is 6.21 Å². The maximum atomic E-state index is 6.03. The number of rotatable bonds is 6. The van der Waals surface area contributed by atoms with E-state index in [4.69, 9.17) is 4.74 Å². The van der Waals surface area contributed by atoms with Crippen LogP contribution in [0.3, 0.4) is 0 Å². The fourth-order valence-corrected chi connectivity index (χ4v) is 2.42. The number of para-hydroxylation sites is 2. The van der Waals surface area contributed by atoms with E-state index in [2.05, 4.69) is 36.5 Å².